The summed E-state index contributed by atoms with van der Waals surface area (Å²) in [6.07, 6.45) is 1.64. The lowest BCUT2D eigenvalue weighted by atomic mass is 9.96. The van der Waals surface area contributed by atoms with Gasteiger partial charge in [0.1, 0.15) is 5.69 Å². The lowest BCUT2D eigenvalue weighted by Crippen LogP contribution is -2.50. The van der Waals surface area contributed by atoms with Crippen molar-refractivity contribution in [3.05, 3.63) is 16.1 Å². The topological polar surface area (TPSA) is 85.4 Å². The zero-order valence-electron chi connectivity index (χ0n) is 12.9. The van der Waals surface area contributed by atoms with E-state index in [9.17, 15) is 13.2 Å². The second kappa shape index (κ2) is 7.06. The minimum Gasteiger partial charge on any atom is -0.373 e. The first-order valence-corrected chi connectivity index (χ1v) is 10.2. The fourth-order valence-electron chi connectivity index (χ4n) is 2.50. The molecule has 1 aromatic rings. The third-order valence-corrected chi connectivity index (χ3v) is 6.49. The second-order valence-corrected chi connectivity index (χ2v) is 8.68. The zero-order chi connectivity index (χ0) is 16.2. The van der Waals surface area contributed by atoms with Gasteiger partial charge in [-0.2, -0.15) is 0 Å². The average Bonchev–Trinajstić information content (AvgIpc) is 2.97. The van der Waals surface area contributed by atoms with Crippen molar-refractivity contribution in [1.82, 2.24) is 10.3 Å². The van der Waals surface area contributed by atoms with E-state index >= 15 is 0 Å². The van der Waals surface area contributed by atoms with Crippen LogP contribution in [0.25, 0.3) is 0 Å². The van der Waals surface area contributed by atoms with E-state index in [-0.39, 0.29) is 17.4 Å². The van der Waals surface area contributed by atoms with E-state index in [2.05, 4.69) is 10.3 Å². The molecule has 8 heteroatoms. The molecule has 0 bridgehead atoms. The predicted octanol–water partition coefficient (Wildman–Crippen LogP) is 1.42. The monoisotopic (exact) mass is 346 g/mol. The summed E-state index contributed by atoms with van der Waals surface area (Å²) in [5.74, 6) is -0.0116. The van der Waals surface area contributed by atoms with E-state index in [4.69, 9.17) is 4.74 Å². The highest BCUT2D eigenvalue weighted by molar-refractivity contribution is 7.91. The van der Waals surface area contributed by atoms with Gasteiger partial charge in [0.25, 0.3) is 5.91 Å². The highest BCUT2D eigenvalue weighted by atomic mass is 32.2. The van der Waals surface area contributed by atoms with Crippen LogP contribution in [0.2, 0.25) is 0 Å². The number of thiazole rings is 1. The van der Waals surface area contributed by atoms with Crippen molar-refractivity contribution >= 4 is 27.1 Å². The van der Waals surface area contributed by atoms with Gasteiger partial charge in [0.15, 0.2) is 9.84 Å². The Morgan fingerprint density at radius 2 is 2.09 bits per heavy atom. The average molecular weight is 346 g/mol. The summed E-state index contributed by atoms with van der Waals surface area (Å²) < 4.78 is 29.0. The van der Waals surface area contributed by atoms with E-state index < -0.39 is 15.4 Å². The number of aromatic nitrogens is 1. The van der Waals surface area contributed by atoms with E-state index in [1.54, 1.807) is 5.38 Å². The van der Waals surface area contributed by atoms with Crippen LogP contribution in [0.15, 0.2) is 5.38 Å². The molecule has 1 N–H and O–H groups in total. The van der Waals surface area contributed by atoms with Crippen molar-refractivity contribution in [3.8, 4) is 0 Å². The van der Waals surface area contributed by atoms with Crippen molar-refractivity contribution in [3.63, 3.8) is 0 Å². The quantitative estimate of drug-likeness (QED) is 0.842. The first-order valence-electron chi connectivity index (χ1n) is 7.47. The zero-order valence-corrected chi connectivity index (χ0v) is 14.6. The first-order chi connectivity index (χ1) is 10.4. The number of aryl methyl sites for hydroxylation is 1. The summed E-state index contributed by atoms with van der Waals surface area (Å²) in [6.45, 7) is 4.68. The van der Waals surface area contributed by atoms with Crippen LogP contribution in [-0.2, 0) is 21.0 Å². The van der Waals surface area contributed by atoms with Crippen molar-refractivity contribution in [2.75, 3.05) is 24.7 Å². The van der Waals surface area contributed by atoms with Gasteiger partial charge in [-0.1, -0.05) is 6.92 Å². The maximum atomic E-state index is 12.1. The third-order valence-electron chi connectivity index (χ3n) is 3.85. The molecule has 1 saturated heterocycles. The van der Waals surface area contributed by atoms with Crippen LogP contribution in [-0.4, -0.2) is 49.6 Å². The van der Waals surface area contributed by atoms with Crippen LogP contribution >= 0.6 is 11.3 Å². The first kappa shape index (κ1) is 17.4. The normalized spacial score (nSPS) is 19.7. The standard InChI is InChI=1S/C14H22N2O4S2/c1-3-12-16-11(9-21-12)13(17)15-10-14(20-4-2)5-7-22(18,19)8-6-14/h9H,3-8,10H2,1-2H3,(H,15,17). The van der Waals surface area contributed by atoms with Crippen LogP contribution in [0.5, 0.6) is 0 Å². The molecule has 0 aromatic carbocycles. The summed E-state index contributed by atoms with van der Waals surface area (Å²) in [6, 6.07) is 0. The highest BCUT2D eigenvalue weighted by Gasteiger charge is 2.38. The molecule has 0 atom stereocenters. The van der Waals surface area contributed by atoms with Gasteiger partial charge in [-0.25, -0.2) is 13.4 Å². The number of nitrogens with zero attached hydrogens (tertiary/aromatic N) is 1. The molecule has 22 heavy (non-hydrogen) atoms. The van der Waals surface area contributed by atoms with E-state index in [1.165, 1.54) is 11.3 Å². The predicted molar refractivity (Wildman–Crippen MR) is 86.1 cm³/mol. The number of carbonyl (C=O) groups is 1. The van der Waals surface area contributed by atoms with Crippen molar-refractivity contribution in [1.29, 1.82) is 0 Å². The Morgan fingerprint density at radius 3 is 2.64 bits per heavy atom. The van der Waals surface area contributed by atoms with Gasteiger partial charge in [-0.3, -0.25) is 4.79 Å². The Morgan fingerprint density at radius 1 is 1.41 bits per heavy atom. The summed E-state index contributed by atoms with van der Waals surface area (Å²) in [7, 11) is -2.97. The Bertz CT molecular complexity index is 611. The lowest BCUT2D eigenvalue weighted by Gasteiger charge is -2.36. The van der Waals surface area contributed by atoms with E-state index in [0.717, 1.165) is 11.4 Å². The van der Waals surface area contributed by atoms with E-state index in [1.807, 2.05) is 13.8 Å². The number of carbonyl (C=O) groups excluding carboxylic acids is 1. The molecule has 1 fully saturated rings. The molecule has 1 amide bonds. The summed E-state index contributed by atoms with van der Waals surface area (Å²) in [4.78, 5) is 16.4. The molecule has 1 aliphatic heterocycles. The molecular formula is C14H22N2O4S2. The molecule has 0 radical (unpaired) electrons. The summed E-state index contributed by atoms with van der Waals surface area (Å²) >= 11 is 1.47. The highest BCUT2D eigenvalue weighted by Crippen LogP contribution is 2.27. The fourth-order valence-corrected chi connectivity index (χ4v) is 4.79. The molecule has 2 rings (SSSR count). The number of rotatable bonds is 6. The SMILES string of the molecule is CCOC1(CNC(=O)c2csc(CC)n2)CCS(=O)(=O)CC1. The van der Waals surface area contributed by atoms with Crippen molar-refractivity contribution in [2.45, 2.75) is 38.7 Å². The van der Waals surface area contributed by atoms with Gasteiger partial charge in [0.2, 0.25) is 0 Å². The number of sulfone groups is 1. The maximum absolute atomic E-state index is 12.1. The Hall–Kier alpha value is -0.990. The molecule has 0 spiro atoms. The molecule has 1 aliphatic rings. The lowest BCUT2D eigenvalue weighted by molar-refractivity contribution is -0.0437. The van der Waals surface area contributed by atoms with Gasteiger partial charge in [-0.05, 0) is 26.2 Å². The summed E-state index contributed by atoms with van der Waals surface area (Å²) in [5.41, 5.74) is -0.170. The molecule has 6 nitrogen and oxygen atoms in total. The van der Waals surface area contributed by atoms with Gasteiger partial charge in [0.05, 0.1) is 22.1 Å². The Labute approximate surface area is 135 Å². The smallest absolute Gasteiger partial charge is 0.270 e. The number of nitrogens with one attached hydrogen (secondary N) is 1. The van der Waals surface area contributed by atoms with Gasteiger partial charge >= 0.3 is 0 Å². The van der Waals surface area contributed by atoms with Crippen LogP contribution in [0.1, 0.15) is 42.2 Å². The minimum atomic E-state index is -2.97. The van der Waals surface area contributed by atoms with Crippen LogP contribution in [0.4, 0.5) is 0 Å². The molecule has 124 valence electrons. The number of amides is 1. The molecule has 0 saturated carbocycles. The largest absolute Gasteiger partial charge is 0.373 e. The van der Waals surface area contributed by atoms with E-state index in [0.29, 0.717) is 31.7 Å². The molecule has 2 heterocycles. The molecule has 0 unspecified atom stereocenters. The Balaban J connectivity index is 1.98. The second-order valence-electron chi connectivity index (χ2n) is 5.43. The molecular weight excluding hydrogens is 324 g/mol. The van der Waals surface area contributed by atoms with Crippen LogP contribution in [0, 0.1) is 0 Å². The van der Waals surface area contributed by atoms with Crippen LogP contribution in [0.3, 0.4) is 0 Å². The fraction of sp³-hybridized carbons (Fsp3) is 0.714. The van der Waals surface area contributed by atoms with Gasteiger partial charge < -0.3 is 10.1 Å². The number of ether oxygens (including phenoxy) is 1. The van der Waals surface area contributed by atoms with Crippen molar-refractivity contribution < 1.29 is 17.9 Å². The molecule has 0 aliphatic carbocycles. The summed E-state index contributed by atoms with van der Waals surface area (Å²) in [5, 5.41) is 5.51. The van der Waals surface area contributed by atoms with Crippen LogP contribution < -0.4 is 5.32 Å². The Kier molecular flexibility index (Phi) is 5.57. The number of hydrogen-bond donors (Lipinski definition) is 1. The molecule has 1 aromatic heterocycles. The minimum absolute atomic E-state index is 0.111. The van der Waals surface area contributed by atoms with Crippen molar-refractivity contribution in [2.24, 2.45) is 0 Å². The van der Waals surface area contributed by atoms with Gasteiger partial charge in [0, 0.05) is 18.5 Å². The maximum Gasteiger partial charge on any atom is 0.270 e. The third kappa shape index (κ3) is 4.27. The van der Waals surface area contributed by atoms with Gasteiger partial charge in [-0.15, -0.1) is 11.3 Å². The number of hydrogen-bond acceptors (Lipinski definition) is 6.